The van der Waals surface area contributed by atoms with Crippen LogP contribution in [0.25, 0.3) is 22.2 Å². The van der Waals surface area contributed by atoms with Crippen molar-refractivity contribution < 1.29 is 4.74 Å². The summed E-state index contributed by atoms with van der Waals surface area (Å²) in [5.41, 5.74) is 9.68. The molecule has 0 spiro atoms. The molecule has 8 nitrogen and oxygen atoms in total. The number of hydrogen-bond donors (Lipinski definition) is 3. The molecule has 27 heavy (non-hydrogen) atoms. The van der Waals surface area contributed by atoms with Crippen molar-refractivity contribution >= 4 is 39.8 Å². The van der Waals surface area contributed by atoms with Gasteiger partial charge in [-0.15, -0.1) is 5.10 Å². The number of ether oxygens (including phenoxy) is 1. The Labute approximate surface area is 160 Å². The number of para-hydroxylation sites is 1. The summed E-state index contributed by atoms with van der Waals surface area (Å²) in [6, 6.07) is 5.71. The van der Waals surface area contributed by atoms with Gasteiger partial charge in [0.25, 0.3) is 5.88 Å². The molecule has 4 rings (SSSR count). The second kappa shape index (κ2) is 6.81. The Balaban J connectivity index is 1.75. The van der Waals surface area contributed by atoms with E-state index in [9.17, 15) is 0 Å². The lowest BCUT2D eigenvalue weighted by Gasteiger charge is -2.08. The molecule has 0 unspecified atom stereocenters. The fourth-order valence-electron chi connectivity index (χ4n) is 2.91. The van der Waals surface area contributed by atoms with Gasteiger partial charge < -0.3 is 20.8 Å². The monoisotopic (exact) mass is 383 g/mol. The van der Waals surface area contributed by atoms with Crippen LogP contribution >= 0.6 is 11.6 Å². The van der Waals surface area contributed by atoms with Gasteiger partial charge in [0.1, 0.15) is 5.69 Å². The zero-order chi connectivity index (χ0) is 19.0. The van der Waals surface area contributed by atoms with Crippen LogP contribution in [0.4, 0.5) is 17.3 Å². The maximum absolute atomic E-state index is 6.38. The van der Waals surface area contributed by atoms with Crippen LogP contribution in [0.15, 0.2) is 36.8 Å². The smallest absolute Gasteiger partial charge is 0.256 e. The summed E-state index contributed by atoms with van der Waals surface area (Å²) in [7, 11) is 1.82. The molecule has 0 bridgehead atoms. The van der Waals surface area contributed by atoms with Crippen LogP contribution in [0.2, 0.25) is 5.02 Å². The fraction of sp³-hybridized carbons (Fsp3) is 0.167. The van der Waals surface area contributed by atoms with Gasteiger partial charge in [-0.25, -0.2) is 9.97 Å². The highest BCUT2D eigenvalue weighted by Gasteiger charge is 2.16. The number of nitrogen functional groups attached to an aromatic ring is 1. The molecule has 4 N–H and O–H groups in total. The van der Waals surface area contributed by atoms with Gasteiger partial charge in [0.05, 0.1) is 40.9 Å². The number of anilines is 3. The number of H-pyrrole nitrogens is 1. The molecule has 1 aromatic carbocycles. The molecule has 0 aliphatic carbocycles. The van der Waals surface area contributed by atoms with Crippen LogP contribution in [-0.2, 0) is 7.05 Å². The molecular weight excluding hydrogens is 366 g/mol. The highest BCUT2D eigenvalue weighted by atomic mass is 35.5. The van der Waals surface area contributed by atoms with Crippen molar-refractivity contribution in [1.29, 1.82) is 0 Å². The van der Waals surface area contributed by atoms with Gasteiger partial charge in [0.2, 0.25) is 5.95 Å². The van der Waals surface area contributed by atoms with Crippen molar-refractivity contribution in [3.05, 3.63) is 41.8 Å². The molecule has 0 atom stereocenters. The van der Waals surface area contributed by atoms with E-state index in [2.05, 4.69) is 25.4 Å². The van der Waals surface area contributed by atoms with Crippen LogP contribution in [0.3, 0.4) is 0 Å². The van der Waals surface area contributed by atoms with Crippen molar-refractivity contribution in [2.45, 2.75) is 6.92 Å². The summed E-state index contributed by atoms with van der Waals surface area (Å²) in [5.74, 6) is 0.876. The number of benzene rings is 1. The molecular formula is C18H18ClN7O. The third-order valence-electron chi connectivity index (χ3n) is 4.07. The van der Waals surface area contributed by atoms with Crippen LogP contribution < -0.4 is 15.8 Å². The van der Waals surface area contributed by atoms with E-state index >= 15 is 0 Å². The van der Waals surface area contributed by atoms with E-state index in [-0.39, 0.29) is 0 Å². The maximum Gasteiger partial charge on any atom is 0.256 e. The minimum Gasteiger partial charge on any atom is -0.475 e. The van der Waals surface area contributed by atoms with E-state index in [1.165, 1.54) is 0 Å². The predicted molar refractivity (Wildman–Crippen MR) is 106 cm³/mol. The van der Waals surface area contributed by atoms with Gasteiger partial charge >= 0.3 is 0 Å². The standard InChI is InChI=1S/C18H18ClN7O/c1-3-27-17-14(9-26(2)25-17)23-18-22-8-12(19)15(24-18)11-7-21-16-10(11)5-4-6-13(16)20/h4-9,21H,3,20H2,1-2H3,(H,22,23,24). The summed E-state index contributed by atoms with van der Waals surface area (Å²) >= 11 is 6.38. The van der Waals surface area contributed by atoms with Crippen LogP contribution in [0.1, 0.15) is 6.92 Å². The Morgan fingerprint density at radius 3 is 3.04 bits per heavy atom. The van der Waals surface area contributed by atoms with Crippen LogP contribution in [0, 0.1) is 0 Å². The summed E-state index contributed by atoms with van der Waals surface area (Å²) in [5, 5.41) is 8.80. The minimum atomic E-state index is 0.390. The van der Waals surface area contributed by atoms with Gasteiger partial charge in [-0.2, -0.15) is 0 Å². The number of aromatic amines is 1. The van der Waals surface area contributed by atoms with Crippen LogP contribution in [0.5, 0.6) is 5.88 Å². The first-order chi connectivity index (χ1) is 13.1. The number of nitrogens with one attached hydrogen (secondary N) is 2. The summed E-state index contributed by atoms with van der Waals surface area (Å²) in [6.45, 7) is 2.41. The Morgan fingerprint density at radius 2 is 2.22 bits per heavy atom. The largest absolute Gasteiger partial charge is 0.475 e. The van der Waals surface area contributed by atoms with Crippen molar-refractivity contribution in [1.82, 2.24) is 24.7 Å². The molecule has 3 aromatic heterocycles. The predicted octanol–water partition coefficient (Wildman–Crippen LogP) is 3.74. The Hall–Kier alpha value is -3.26. The average molecular weight is 384 g/mol. The number of aryl methyl sites for hydroxylation is 1. The minimum absolute atomic E-state index is 0.390. The summed E-state index contributed by atoms with van der Waals surface area (Å²) in [6.07, 6.45) is 5.21. The molecule has 0 saturated heterocycles. The highest BCUT2D eigenvalue weighted by Crippen LogP contribution is 2.35. The molecule has 0 radical (unpaired) electrons. The van der Waals surface area contributed by atoms with Gasteiger partial charge in [-0.05, 0) is 13.0 Å². The number of rotatable bonds is 5. The Kier molecular flexibility index (Phi) is 4.33. The number of fused-ring (bicyclic) bond motifs is 1. The first-order valence-electron chi connectivity index (χ1n) is 8.38. The number of aromatic nitrogens is 5. The van der Waals surface area contributed by atoms with Crippen molar-refractivity contribution in [3.63, 3.8) is 0 Å². The molecule has 4 aromatic rings. The van der Waals surface area contributed by atoms with Gasteiger partial charge in [-0.3, -0.25) is 4.68 Å². The summed E-state index contributed by atoms with van der Waals surface area (Å²) in [4.78, 5) is 12.0. The molecule has 0 saturated carbocycles. The lowest BCUT2D eigenvalue weighted by Crippen LogP contribution is -2.00. The van der Waals surface area contributed by atoms with E-state index in [1.807, 2.05) is 38.4 Å². The highest BCUT2D eigenvalue weighted by molar-refractivity contribution is 6.33. The number of nitrogens with two attached hydrogens (primary N) is 1. The topological polar surface area (TPSA) is 107 Å². The average Bonchev–Trinajstić information content (AvgIpc) is 3.22. The molecule has 0 fully saturated rings. The van der Waals surface area contributed by atoms with E-state index < -0.39 is 0 Å². The maximum atomic E-state index is 6.38. The molecule has 9 heteroatoms. The quantitative estimate of drug-likeness (QED) is 0.453. The van der Waals surface area contributed by atoms with Gasteiger partial charge in [0.15, 0.2) is 0 Å². The lowest BCUT2D eigenvalue weighted by atomic mass is 10.1. The van der Waals surface area contributed by atoms with Crippen molar-refractivity contribution in [3.8, 4) is 17.1 Å². The molecule has 0 aliphatic rings. The Bertz CT molecular complexity index is 1120. The van der Waals surface area contributed by atoms with Crippen molar-refractivity contribution in [2.24, 2.45) is 7.05 Å². The third-order valence-corrected chi connectivity index (χ3v) is 4.35. The third kappa shape index (κ3) is 3.15. The van der Waals surface area contributed by atoms with E-state index in [0.717, 1.165) is 16.5 Å². The second-order valence-electron chi connectivity index (χ2n) is 5.94. The zero-order valence-corrected chi connectivity index (χ0v) is 15.6. The normalized spacial score (nSPS) is 11.1. The van der Waals surface area contributed by atoms with E-state index in [1.54, 1.807) is 17.1 Å². The SMILES string of the molecule is CCOc1nn(C)cc1Nc1ncc(Cl)c(-c2c[nH]c3c(N)cccc23)n1. The number of halogens is 1. The molecule has 0 aliphatic heterocycles. The van der Waals surface area contributed by atoms with E-state index in [0.29, 0.717) is 40.5 Å². The molecule has 138 valence electrons. The lowest BCUT2D eigenvalue weighted by molar-refractivity contribution is 0.324. The van der Waals surface area contributed by atoms with Crippen LogP contribution in [-0.4, -0.2) is 31.3 Å². The summed E-state index contributed by atoms with van der Waals surface area (Å²) < 4.78 is 7.19. The second-order valence-corrected chi connectivity index (χ2v) is 6.35. The van der Waals surface area contributed by atoms with Gasteiger partial charge in [-0.1, -0.05) is 23.7 Å². The Morgan fingerprint density at radius 1 is 1.37 bits per heavy atom. The van der Waals surface area contributed by atoms with Gasteiger partial charge in [0, 0.05) is 24.2 Å². The molecule has 0 amide bonds. The van der Waals surface area contributed by atoms with E-state index in [4.69, 9.17) is 22.1 Å². The first-order valence-corrected chi connectivity index (χ1v) is 8.76. The number of hydrogen-bond acceptors (Lipinski definition) is 6. The van der Waals surface area contributed by atoms with Crippen molar-refractivity contribution in [2.75, 3.05) is 17.7 Å². The first kappa shape index (κ1) is 17.2. The molecule has 3 heterocycles. The fourth-order valence-corrected chi connectivity index (χ4v) is 3.10. The number of nitrogens with zero attached hydrogens (tertiary/aromatic N) is 4. The zero-order valence-electron chi connectivity index (χ0n) is 14.8.